The number of carbonyl (C=O) groups is 1. The van der Waals surface area contributed by atoms with Crippen molar-refractivity contribution in [2.75, 3.05) is 0 Å². The van der Waals surface area contributed by atoms with Gasteiger partial charge in [0.25, 0.3) is 0 Å². The molecular formula is C13H14N2O. The number of rotatable bonds is 0. The van der Waals surface area contributed by atoms with Crippen LogP contribution in [0.25, 0.3) is 16.8 Å². The van der Waals surface area contributed by atoms with Crippen molar-refractivity contribution in [2.24, 2.45) is 0 Å². The predicted octanol–water partition coefficient (Wildman–Crippen LogP) is 3.37. The van der Waals surface area contributed by atoms with Crippen LogP contribution in [0.2, 0.25) is 0 Å². The fraction of sp³-hybridized carbons (Fsp3) is 0. The van der Waals surface area contributed by atoms with Crippen LogP contribution in [0, 0.1) is 0 Å². The standard InChI is InChI=1S/C13H8O.2H3N/c14-12-8-7-10-4-1-3-9-5-2-6-11(12)13(9)10;;/h1-8H;2*1H3. The fourth-order valence-corrected chi connectivity index (χ4v) is 1.97. The minimum atomic E-state index is 0. The Morgan fingerprint density at radius 1 is 0.812 bits per heavy atom. The minimum Gasteiger partial charge on any atom is -0.344 e. The second-order valence-corrected chi connectivity index (χ2v) is 3.45. The average molecular weight is 214 g/mol. The predicted molar refractivity (Wildman–Crippen MR) is 67.4 cm³/mol. The molecule has 0 aliphatic heterocycles. The molecule has 0 heterocycles. The smallest absolute Gasteiger partial charge is 0.186 e. The van der Waals surface area contributed by atoms with Crippen LogP contribution in [0.5, 0.6) is 0 Å². The second kappa shape index (κ2) is 4.26. The van der Waals surface area contributed by atoms with Gasteiger partial charge in [0.15, 0.2) is 5.78 Å². The Labute approximate surface area is 93.9 Å². The summed E-state index contributed by atoms with van der Waals surface area (Å²) in [5.74, 6) is 0.106. The molecule has 0 fully saturated rings. The summed E-state index contributed by atoms with van der Waals surface area (Å²) < 4.78 is 0. The Morgan fingerprint density at radius 3 is 2.25 bits per heavy atom. The Bertz CT molecular complexity index is 568. The molecule has 6 N–H and O–H groups in total. The minimum absolute atomic E-state index is 0. The average Bonchev–Trinajstić information content (AvgIpc) is 2.24. The van der Waals surface area contributed by atoms with E-state index >= 15 is 0 Å². The maximum atomic E-state index is 11.6. The molecule has 0 unspecified atom stereocenters. The van der Waals surface area contributed by atoms with Gasteiger partial charge >= 0.3 is 0 Å². The monoisotopic (exact) mass is 214 g/mol. The number of hydrogen-bond acceptors (Lipinski definition) is 3. The first-order valence-electron chi connectivity index (χ1n) is 4.60. The third-order valence-corrected chi connectivity index (χ3v) is 2.62. The van der Waals surface area contributed by atoms with E-state index in [0.29, 0.717) is 0 Å². The van der Waals surface area contributed by atoms with Crippen molar-refractivity contribution in [1.29, 1.82) is 0 Å². The lowest BCUT2D eigenvalue weighted by atomic mass is 9.92. The van der Waals surface area contributed by atoms with E-state index in [9.17, 15) is 4.79 Å². The van der Waals surface area contributed by atoms with Crippen molar-refractivity contribution in [2.45, 2.75) is 0 Å². The van der Waals surface area contributed by atoms with Crippen molar-refractivity contribution in [3.05, 3.63) is 53.6 Å². The number of hydrogen-bond donors (Lipinski definition) is 2. The highest BCUT2D eigenvalue weighted by Gasteiger charge is 2.13. The summed E-state index contributed by atoms with van der Waals surface area (Å²) in [6.07, 6.45) is 3.52. The van der Waals surface area contributed by atoms with Crippen LogP contribution in [-0.4, -0.2) is 5.78 Å². The highest BCUT2D eigenvalue weighted by molar-refractivity contribution is 6.19. The Morgan fingerprint density at radius 2 is 1.50 bits per heavy atom. The van der Waals surface area contributed by atoms with E-state index < -0.39 is 0 Å². The zero-order valence-corrected chi connectivity index (χ0v) is 8.94. The fourth-order valence-electron chi connectivity index (χ4n) is 1.97. The van der Waals surface area contributed by atoms with Crippen LogP contribution in [0.15, 0.2) is 42.5 Å². The Balaban J connectivity index is 0.000000640. The molecule has 0 amide bonds. The number of ketones is 1. The zero-order valence-electron chi connectivity index (χ0n) is 8.94. The van der Waals surface area contributed by atoms with Crippen LogP contribution < -0.4 is 12.3 Å². The van der Waals surface area contributed by atoms with Gasteiger partial charge in [0, 0.05) is 10.9 Å². The summed E-state index contributed by atoms with van der Waals surface area (Å²) in [5.41, 5.74) is 1.96. The molecule has 3 nitrogen and oxygen atoms in total. The quantitative estimate of drug-likeness (QED) is 0.704. The third-order valence-electron chi connectivity index (χ3n) is 2.62. The van der Waals surface area contributed by atoms with E-state index in [4.69, 9.17) is 0 Å². The summed E-state index contributed by atoms with van der Waals surface area (Å²) >= 11 is 0. The molecule has 0 atom stereocenters. The SMILES string of the molecule is N.N.O=C1C=Cc2cccc3cccc1c23. The molecule has 0 saturated heterocycles. The van der Waals surface area contributed by atoms with Crippen molar-refractivity contribution < 1.29 is 4.79 Å². The van der Waals surface area contributed by atoms with Crippen molar-refractivity contribution in [3.63, 3.8) is 0 Å². The maximum absolute atomic E-state index is 11.6. The topological polar surface area (TPSA) is 87.1 Å². The summed E-state index contributed by atoms with van der Waals surface area (Å²) in [6, 6.07) is 11.9. The highest BCUT2D eigenvalue weighted by atomic mass is 16.1. The van der Waals surface area contributed by atoms with Gasteiger partial charge in [-0.25, -0.2) is 0 Å². The first-order chi connectivity index (χ1) is 6.86. The lowest BCUT2D eigenvalue weighted by Crippen LogP contribution is -2.00. The molecule has 0 saturated carbocycles. The molecule has 2 aromatic carbocycles. The van der Waals surface area contributed by atoms with Crippen LogP contribution >= 0.6 is 0 Å². The molecule has 0 radical (unpaired) electrons. The molecular weight excluding hydrogens is 200 g/mol. The van der Waals surface area contributed by atoms with Crippen LogP contribution in [0.3, 0.4) is 0 Å². The summed E-state index contributed by atoms with van der Waals surface area (Å²) in [4.78, 5) is 11.6. The molecule has 0 bridgehead atoms. The van der Waals surface area contributed by atoms with Crippen molar-refractivity contribution in [1.82, 2.24) is 12.3 Å². The lowest BCUT2D eigenvalue weighted by Gasteiger charge is -2.10. The van der Waals surface area contributed by atoms with Gasteiger partial charge in [0.05, 0.1) is 0 Å². The molecule has 3 heteroatoms. The van der Waals surface area contributed by atoms with E-state index in [1.54, 1.807) is 6.08 Å². The van der Waals surface area contributed by atoms with Gasteiger partial charge in [-0.1, -0.05) is 42.5 Å². The van der Waals surface area contributed by atoms with Gasteiger partial charge in [-0.3, -0.25) is 4.79 Å². The van der Waals surface area contributed by atoms with Crippen molar-refractivity contribution in [3.8, 4) is 0 Å². The van der Waals surface area contributed by atoms with E-state index in [2.05, 4.69) is 0 Å². The maximum Gasteiger partial charge on any atom is 0.186 e. The van der Waals surface area contributed by atoms with Crippen LogP contribution in [0.1, 0.15) is 15.9 Å². The number of allylic oxidation sites excluding steroid dienone is 1. The third kappa shape index (κ3) is 1.52. The van der Waals surface area contributed by atoms with Crippen LogP contribution in [0.4, 0.5) is 0 Å². The second-order valence-electron chi connectivity index (χ2n) is 3.45. The molecule has 1 aliphatic carbocycles. The highest BCUT2D eigenvalue weighted by Crippen LogP contribution is 2.27. The van der Waals surface area contributed by atoms with E-state index in [1.807, 2.05) is 42.5 Å². The summed E-state index contributed by atoms with van der Waals surface area (Å²) in [5, 5.41) is 2.22. The van der Waals surface area contributed by atoms with E-state index in [1.165, 1.54) is 0 Å². The molecule has 16 heavy (non-hydrogen) atoms. The van der Waals surface area contributed by atoms with Crippen molar-refractivity contribution >= 4 is 22.6 Å². The largest absolute Gasteiger partial charge is 0.344 e. The van der Waals surface area contributed by atoms with Gasteiger partial charge < -0.3 is 12.3 Å². The van der Waals surface area contributed by atoms with E-state index in [0.717, 1.165) is 21.9 Å². The first kappa shape index (κ1) is 12.1. The summed E-state index contributed by atoms with van der Waals surface area (Å²) in [6.45, 7) is 0. The number of benzene rings is 2. The van der Waals surface area contributed by atoms with Crippen LogP contribution in [-0.2, 0) is 0 Å². The first-order valence-corrected chi connectivity index (χ1v) is 4.60. The molecule has 0 aromatic heterocycles. The Kier molecular flexibility index (Phi) is 3.22. The van der Waals surface area contributed by atoms with E-state index in [-0.39, 0.29) is 18.1 Å². The number of carbonyl (C=O) groups excluding carboxylic acids is 1. The molecule has 3 rings (SSSR count). The molecule has 0 spiro atoms. The van der Waals surface area contributed by atoms with Gasteiger partial charge in [0.2, 0.25) is 0 Å². The summed E-state index contributed by atoms with van der Waals surface area (Å²) in [7, 11) is 0. The molecule has 82 valence electrons. The zero-order chi connectivity index (χ0) is 9.54. The van der Waals surface area contributed by atoms with Gasteiger partial charge in [-0.2, -0.15) is 0 Å². The lowest BCUT2D eigenvalue weighted by molar-refractivity contribution is 0.104. The van der Waals surface area contributed by atoms with Gasteiger partial charge in [-0.05, 0) is 17.0 Å². The van der Waals surface area contributed by atoms with Gasteiger partial charge in [-0.15, -0.1) is 0 Å². The molecule has 1 aliphatic rings. The normalized spacial score (nSPS) is 11.9. The molecule has 2 aromatic rings. The van der Waals surface area contributed by atoms with Gasteiger partial charge in [0.1, 0.15) is 0 Å². The Hall–Kier alpha value is -1.97.